The molecule has 1 atom stereocenters. The van der Waals surface area contributed by atoms with Crippen molar-refractivity contribution in [2.24, 2.45) is 5.73 Å². The maximum Gasteiger partial charge on any atom is 0.251 e. The van der Waals surface area contributed by atoms with E-state index in [1.807, 2.05) is 4.90 Å². The Kier molecular flexibility index (Phi) is 2.73. The van der Waals surface area contributed by atoms with E-state index in [-0.39, 0.29) is 6.54 Å². The van der Waals surface area contributed by atoms with Gasteiger partial charge in [-0.05, 0) is 6.07 Å². The van der Waals surface area contributed by atoms with Crippen molar-refractivity contribution >= 4 is 23.2 Å². The fourth-order valence-electron chi connectivity index (χ4n) is 1.82. The van der Waals surface area contributed by atoms with Gasteiger partial charge >= 0.3 is 0 Å². The van der Waals surface area contributed by atoms with E-state index < -0.39 is 11.5 Å². The predicted octanol–water partition coefficient (Wildman–Crippen LogP) is 0.161. The van der Waals surface area contributed by atoms with Crippen molar-refractivity contribution in [3.63, 3.8) is 0 Å². The summed E-state index contributed by atoms with van der Waals surface area (Å²) in [7, 11) is 0. The second-order valence-corrected chi connectivity index (χ2v) is 4.30. The smallest absolute Gasteiger partial charge is 0.251 e. The van der Waals surface area contributed by atoms with Gasteiger partial charge in [-0.3, -0.25) is 9.78 Å². The molecule has 0 aromatic carbocycles. The number of nitrogens with zero attached hydrogens (tertiary/aromatic N) is 2. The molecule has 1 fully saturated rings. The van der Waals surface area contributed by atoms with Gasteiger partial charge in [-0.2, -0.15) is 0 Å². The molecule has 2 heterocycles. The van der Waals surface area contributed by atoms with Crippen LogP contribution in [-0.2, 0) is 4.79 Å². The zero-order valence-electron chi connectivity index (χ0n) is 8.56. The van der Waals surface area contributed by atoms with Crippen molar-refractivity contribution in [3.05, 3.63) is 23.5 Å². The number of anilines is 1. The first-order valence-electron chi connectivity index (χ1n) is 4.90. The number of rotatable bonds is 2. The summed E-state index contributed by atoms with van der Waals surface area (Å²) in [5.74, 6) is -0.694. The Labute approximate surface area is 97.8 Å². The number of halogens is 1. The predicted molar refractivity (Wildman–Crippen MR) is 60.2 cm³/mol. The molecule has 2 rings (SSSR count). The zero-order valence-corrected chi connectivity index (χ0v) is 9.31. The number of primary amides is 1. The van der Waals surface area contributed by atoms with Crippen molar-refractivity contribution in [3.8, 4) is 0 Å². The summed E-state index contributed by atoms with van der Waals surface area (Å²) in [5.41, 5.74) is 4.46. The summed E-state index contributed by atoms with van der Waals surface area (Å²) in [4.78, 5) is 16.8. The van der Waals surface area contributed by atoms with Crippen molar-refractivity contribution in [1.29, 1.82) is 0 Å². The van der Waals surface area contributed by atoms with Gasteiger partial charge in [0.2, 0.25) is 0 Å². The van der Waals surface area contributed by atoms with Gasteiger partial charge in [-0.25, -0.2) is 0 Å². The van der Waals surface area contributed by atoms with Crippen molar-refractivity contribution < 1.29 is 9.90 Å². The van der Waals surface area contributed by atoms with Crippen LogP contribution in [0.3, 0.4) is 0 Å². The molecule has 1 aliphatic heterocycles. The third-order valence-corrected chi connectivity index (χ3v) is 3.09. The Balaban J connectivity index is 2.22. The molecule has 0 saturated carbocycles. The first-order valence-corrected chi connectivity index (χ1v) is 5.27. The molecule has 1 aliphatic rings. The van der Waals surface area contributed by atoms with Gasteiger partial charge in [0.05, 0.1) is 17.3 Å². The number of hydrogen-bond donors (Lipinski definition) is 2. The number of carbonyl (C=O) groups excluding carboxylic acids is 1. The first kappa shape index (κ1) is 11.2. The molecule has 1 amide bonds. The SMILES string of the molecule is NC(=O)C1(O)CCN(c2ccncc2Cl)C1. The van der Waals surface area contributed by atoms with E-state index >= 15 is 0 Å². The number of nitrogens with two attached hydrogens (primary N) is 1. The molecule has 0 aliphatic carbocycles. The lowest BCUT2D eigenvalue weighted by molar-refractivity contribution is -0.134. The fourth-order valence-corrected chi connectivity index (χ4v) is 2.06. The Morgan fingerprint density at radius 2 is 2.44 bits per heavy atom. The Bertz CT molecular complexity index is 426. The number of pyridine rings is 1. The molecular formula is C10H12ClN3O2. The van der Waals surface area contributed by atoms with Crippen LogP contribution in [0.5, 0.6) is 0 Å². The van der Waals surface area contributed by atoms with E-state index in [1.54, 1.807) is 12.3 Å². The monoisotopic (exact) mass is 241 g/mol. The van der Waals surface area contributed by atoms with Gasteiger partial charge in [0.25, 0.3) is 5.91 Å². The molecule has 1 unspecified atom stereocenters. The molecule has 1 saturated heterocycles. The summed E-state index contributed by atoms with van der Waals surface area (Å²) < 4.78 is 0. The van der Waals surface area contributed by atoms with Crippen LogP contribution in [0.15, 0.2) is 18.5 Å². The van der Waals surface area contributed by atoms with Crippen molar-refractivity contribution in [1.82, 2.24) is 4.98 Å². The highest BCUT2D eigenvalue weighted by Gasteiger charge is 2.41. The quantitative estimate of drug-likeness (QED) is 0.773. The van der Waals surface area contributed by atoms with E-state index in [0.717, 1.165) is 5.69 Å². The third kappa shape index (κ3) is 1.83. The number of hydrogen-bond acceptors (Lipinski definition) is 4. The minimum absolute atomic E-state index is 0.173. The molecule has 1 aromatic heterocycles. The van der Waals surface area contributed by atoms with E-state index in [1.165, 1.54) is 6.20 Å². The summed E-state index contributed by atoms with van der Waals surface area (Å²) in [6.45, 7) is 0.717. The van der Waals surface area contributed by atoms with E-state index in [9.17, 15) is 9.90 Å². The molecule has 3 N–H and O–H groups in total. The maximum absolute atomic E-state index is 11.1. The average Bonchev–Trinajstić information content (AvgIpc) is 2.63. The van der Waals surface area contributed by atoms with Crippen LogP contribution in [0.2, 0.25) is 5.02 Å². The highest BCUT2D eigenvalue weighted by atomic mass is 35.5. The van der Waals surface area contributed by atoms with Crippen LogP contribution in [0, 0.1) is 0 Å². The standard InChI is InChI=1S/C10H12ClN3O2/c11-7-5-13-3-1-8(7)14-4-2-10(16,6-14)9(12)15/h1,3,5,16H,2,4,6H2,(H2,12,15). The Morgan fingerprint density at radius 3 is 3.00 bits per heavy atom. The fraction of sp³-hybridized carbons (Fsp3) is 0.400. The number of carbonyl (C=O) groups is 1. The minimum atomic E-state index is -1.45. The number of aliphatic hydroxyl groups is 1. The Hall–Kier alpha value is -1.33. The van der Waals surface area contributed by atoms with Gasteiger partial charge in [0.15, 0.2) is 5.60 Å². The number of amides is 1. The largest absolute Gasteiger partial charge is 0.378 e. The van der Waals surface area contributed by atoms with E-state index in [4.69, 9.17) is 17.3 Å². The van der Waals surface area contributed by atoms with E-state index in [2.05, 4.69) is 4.98 Å². The summed E-state index contributed by atoms with van der Waals surface area (Å²) in [6.07, 6.45) is 3.46. The van der Waals surface area contributed by atoms with Gasteiger partial charge in [-0.15, -0.1) is 0 Å². The van der Waals surface area contributed by atoms with Gasteiger partial charge in [0.1, 0.15) is 0 Å². The number of β-amino-alcohol motifs (C(OH)–C–C–N with tert-alkyl or cyclic N) is 1. The number of aromatic nitrogens is 1. The molecule has 0 radical (unpaired) electrons. The highest BCUT2D eigenvalue weighted by molar-refractivity contribution is 6.33. The first-order chi connectivity index (χ1) is 7.53. The van der Waals surface area contributed by atoms with Gasteiger partial charge in [-0.1, -0.05) is 11.6 Å². The molecule has 6 heteroatoms. The second-order valence-electron chi connectivity index (χ2n) is 3.89. The molecule has 0 spiro atoms. The van der Waals surface area contributed by atoms with Crippen molar-refractivity contribution in [2.75, 3.05) is 18.0 Å². The molecular weight excluding hydrogens is 230 g/mol. The van der Waals surface area contributed by atoms with Crippen molar-refractivity contribution in [2.45, 2.75) is 12.0 Å². The van der Waals surface area contributed by atoms with Crippen LogP contribution in [0.1, 0.15) is 6.42 Å². The lowest BCUT2D eigenvalue weighted by atomic mass is 10.0. The third-order valence-electron chi connectivity index (χ3n) is 2.80. The lowest BCUT2D eigenvalue weighted by Crippen LogP contribution is -2.46. The van der Waals surface area contributed by atoms with Crippen LogP contribution < -0.4 is 10.6 Å². The molecule has 0 bridgehead atoms. The minimum Gasteiger partial charge on any atom is -0.378 e. The molecule has 16 heavy (non-hydrogen) atoms. The molecule has 86 valence electrons. The summed E-state index contributed by atoms with van der Waals surface area (Å²) >= 11 is 5.98. The lowest BCUT2D eigenvalue weighted by Gasteiger charge is -2.22. The van der Waals surface area contributed by atoms with E-state index in [0.29, 0.717) is 18.0 Å². The molecule has 1 aromatic rings. The molecule has 5 nitrogen and oxygen atoms in total. The van der Waals surface area contributed by atoms with Gasteiger partial charge in [0, 0.05) is 25.4 Å². The van der Waals surface area contributed by atoms with Crippen LogP contribution in [0.25, 0.3) is 0 Å². The second kappa shape index (κ2) is 3.92. The van der Waals surface area contributed by atoms with Crippen LogP contribution >= 0.6 is 11.6 Å². The highest BCUT2D eigenvalue weighted by Crippen LogP contribution is 2.31. The summed E-state index contributed by atoms with van der Waals surface area (Å²) in [5, 5.41) is 10.4. The normalized spacial score (nSPS) is 24.8. The average molecular weight is 242 g/mol. The zero-order chi connectivity index (χ0) is 11.8. The Morgan fingerprint density at radius 1 is 1.69 bits per heavy atom. The maximum atomic E-state index is 11.1. The summed E-state index contributed by atoms with van der Waals surface area (Å²) in [6, 6.07) is 1.75. The van der Waals surface area contributed by atoms with Crippen LogP contribution in [-0.4, -0.2) is 34.7 Å². The topological polar surface area (TPSA) is 79.5 Å². The van der Waals surface area contributed by atoms with Crippen LogP contribution in [0.4, 0.5) is 5.69 Å². The van der Waals surface area contributed by atoms with Gasteiger partial charge < -0.3 is 15.7 Å².